The van der Waals surface area contributed by atoms with Crippen molar-refractivity contribution < 1.29 is 18.7 Å². The number of rotatable bonds is 3. The summed E-state index contributed by atoms with van der Waals surface area (Å²) >= 11 is 0. The van der Waals surface area contributed by atoms with Gasteiger partial charge in [0, 0.05) is 38.4 Å². The third-order valence-electron chi connectivity index (χ3n) is 5.60. The van der Waals surface area contributed by atoms with Gasteiger partial charge in [-0.05, 0) is 45.0 Å². The van der Waals surface area contributed by atoms with Crippen LogP contribution in [0.25, 0.3) is 0 Å². The first-order valence-electron chi connectivity index (χ1n) is 10.1. The highest BCUT2D eigenvalue weighted by Crippen LogP contribution is 2.38. The fraction of sp³-hybridized carbons (Fsp3) is 0.409. The van der Waals surface area contributed by atoms with Gasteiger partial charge in [0.2, 0.25) is 0 Å². The molecule has 7 nitrogen and oxygen atoms in total. The number of ether oxygens (including phenoxy) is 1. The predicted molar refractivity (Wildman–Crippen MR) is 111 cm³/mol. The Morgan fingerprint density at radius 3 is 2.50 bits per heavy atom. The summed E-state index contributed by atoms with van der Waals surface area (Å²) in [5, 5.41) is 0. The molecule has 0 unspecified atom stereocenters. The van der Waals surface area contributed by atoms with Gasteiger partial charge in [-0.1, -0.05) is 12.1 Å². The van der Waals surface area contributed by atoms with Crippen molar-refractivity contribution in [2.75, 3.05) is 36.0 Å². The van der Waals surface area contributed by atoms with Crippen molar-refractivity contribution in [3.05, 3.63) is 48.4 Å². The van der Waals surface area contributed by atoms with Crippen LogP contribution in [0.1, 0.15) is 20.8 Å². The van der Waals surface area contributed by atoms with Crippen LogP contribution >= 0.6 is 0 Å². The molecular weight excluding hydrogens is 387 g/mol. The Balaban J connectivity index is 1.55. The molecular formula is C22H25FN4O3. The number of fused-ring (bicyclic) bond motifs is 1. The van der Waals surface area contributed by atoms with Crippen LogP contribution in [0.2, 0.25) is 0 Å². The first kappa shape index (κ1) is 20.1. The molecule has 3 heterocycles. The summed E-state index contributed by atoms with van der Waals surface area (Å²) < 4.78 is 20.0. The number of nitrogens with zero attached hydrogens (tertiary/aromatic N) is 4. The van der Waals surface area contributed by atoms with Crippen molar-refractivity contribution in [1.82, 2.24) is 9.88 Å². The van der Waals surface area contributed by atoms with Crippen LogP contribution in [0.4, 0.5) is 15.9 Å². The SMILES string of the molecule is CC(C)N1C(=O)[C@@](C)(C(=O)N2CCN(c3ccccc3F)CC2)Oc2cccnc21. The summed E-state index contributed by atoms with van der Waals surface area (Å²) in [5.74, 6) is -0.267. The van der Waals surface area contributed by atoms with E-state index in [2.05, 4.69) is 4.98 Å². The molecule has 0 bridgehead atoms. The van der Waals surface area contributed by atoms with Gasteiger partial charge in [0.1, 0.15) is 5.82 Å². The van der Waals surface area contributed by atoms with Gasteiger partial charge < -0.3 is 14.5 Å². The Bertz CT molecular complexity index is 974. The van der Waals surface area contributed by atoms with E-state index in [-0.39, 0.29) is 17.8 Å². The Hall–Kier alpha value is -3.16. The molecule has 1 aromatic heterocycles. The highest BCUT2D eigenvalue weighted by atomic mass is 19.1. The molecule has 1 fully saturated rings. The summed E-state index contributed by atoms with van der Waals surface area (Å²) in [6.07, 6.45) is 1.59. The minimum absolute atomic E-state index is 0.180. The average molecular weight is 412 g/mol. The van der Waals surface area contributed by atoms with E-state index in [1.54, 1.807) is 41.4 Å². The minimum atomic E-state index is -1.67. The third kappa shape index (κ3) is 3.26. The van der Waals surface area contributed by atoms with Crippen molar-refractivity contribution in [3.8, 4) is 5.75 Å². The number of amides is 2. The zero-order valence-corrected chi connectivity index (χ0v) is 17.3. The van der Waals surface area contributed by atoms with E-state index in [4.69, 9.17) is 4.74 Å². The Kier molecular flexibility index (Phi) is 5.09. The van der Waals surface area contributed by atoms with Crippen molar-refractivity contribution >= 4 is 23.3 Å². The smallest absolute Gasteiger partial charge is 0.282 e. The molecule has 2 amide bonds. The number of halogens is 1. The van der Waals surface area contributed by atoms with Crippen molar-refractivity contribution in [2.24, 2.45) is 0 Å². The number of aromatic nitrogens is 1. The number of pyridine rings is 1. The van der Waals surface area contributed by atoms with Gasteiger partial charge in [-0.25, -0.2) is 9.37 Å². The first-order chi connectivity index (χ1) is 14.3. The van der Waals surface area contributed by atoms with E-state index in [9.17, 15) is 14.0 Å². The highest BCUT2D eigenvalue weighted by molar-refractivity contribution is 6.16. The molecule has 2 aromatic rings. The first-order valence-corrected chi connectivity index (χ1v) is 10.1. The second kappa shape index (κ2) is 7.59. The highest BCUT2D eigenvalue weighted by Gasteiger charge is 2.53. The molecule has 0 saturated carbocycles. The number of hydrogen-bond acceptors (Lipinski definition) is 5. The van der Waals surface area contributed by atoms with E-state index < -0.39 is 11.5 Å². The fourth-order valence-corrected chi connectivity index (χ4v) is 4.01. The molecule has 0 radical (unpaired) electrons. The van der Waals surface area contributed by atoms with Gasteiger partial charge in [-0.15, -0.1) is 0 Å². The molecule has 30 heavy (non-hydrogen) atoms. The van der Waals surface area contributed by atoms with Crippen molar-refractivity contribution in [1.29, 1.82) is 0 Å². The average Bonchev–Trinajstić information content (AvgIpc) is 2.74. The number of anilines is 2. The standard InChI is InChI=1S/C22H25FN4O3/c1-15(2)27-19-18(9-6-10-24-19)30-22(3,21(27)29)20(28)26-13-11-25(12-14-26)17-8-5-4-7-16(17)23/h4-10,15H,11-14H2,1-3H3/t22-/m1/s1. The molecule has 1 atom stereocenters. The van der Waals surface area contributed by atoms with E-state index >= 15 is 0 Å². The zero-order valence-electron chi connectivity index (χ0n) is 17.3. The summed E-state index contributed by atoms with van der Waals surface area (Å²) in [4.78, 5) is 36.1. The molecule has 0 spiro atoms. The summed E-state index contributed by atoms with van der Waals surface area (Å²) in [6.45, 7) is 6.97. The lowest BCUT2D eigenvalue weighted by atomic mass is 9.98. The van der Waals surface area contributed by atoms with E-state index in [1.165, 1.54) is 17.9 Å². The number of para-hydroxylation sites is 1. The second-order valence-corrected chi connectivity index (χ2v) is 7.96. The van der Waals surface area contributed by atoms with Gasteiger partial charge in [0.25, 0.3) is 17.4 Å². The van der Waals surface area contributed by atoms with Crippen LogP contribution in [-0.4, -0.2) is 59.5 Å². The summed E-state index contributed by atoms with van der Waals surface area (Å²) in [5.41, 5.74) is -1.15. The molecule has 0 N–H and O–H groups in total. The fourth-order valence-electron chi connectivity index (χ4n) is 4.01. The van der Waals surface area contributed by atoms with Crippen LogP contribution in [0.3, 0.4) is 0 Å². The summed E-state index contributed by atoms with van der Waals surface area (Å²) in [7, 11) is 0. The number of benzene rings is 1. The Morgan fingerprint density at radius 1 is 1.13 bits per heavy atom. The van der Waals surface area contributed by atoms with Gasteiger partial charge in [-0.3, -0.25) is 14.5 Å². The van der Waals surface area contributed by atoms with Gasteiger partial charge >= 0.3 is 0 Å². The van der Waals surface area contributed by atoms with Crippen LogP contribution in [0, 0.1) is 5.82 Å². The van der Waals surface area contributed by atoms with Crippen molar-refractivity contribution in [2.45, 2.75) is 32.4 Å². The molecule has 1 saturated heterocycles. The topological polar surface area (TPSA) is 66.0 Å². The molecule has 2 aliphatic heterocycles. The predicted octanol–water partition coefficient (Wildman–Crippen LogP) is 2.46. The maximum atomic E-state index is 14.1. The van der Waals surface area contributed by atoms with E-state index in [1.807, 2.05) is 18.7 Å². The number of carbonyl (C=O) groups excluding carboxylic acids is 2. The maximum Gasteiger partial charge on any atom is 0.282 e. The molecule has 1 aromatic carbocycles. The quantitative estimate of drug-likeness (QED) is 0.725. The van der Waals surface area contributed by atoms with Gasteiger partial charge in [0.05, 0.1) is 5.69 Å². The largest absolute Gasteiger partial charge is 0.464 e. The molecule has 2 aliphatic rings. The Labute approximate surface area is 175 Å². The molecule has 158 valence electrons. The number of hydrogen-bond donors (Lipinski definition) is 0. The maximum absolute atomic E-state index is 14.1. The van der Waals surface area contributed by atoms with Crippen LogP contribution in [0.15, 0.2) is 42.6 Å². The second-order valence-electron chi connectivity index (χ2n) is 7.96. The molecule has 0 aliphatic carbocycles. The normalized spacial score (nSPS) is 21.5. The van der Waals surface area contributed by atoms with Gasteiger partial charge in [-0.2, -0.15) is 0 Å². The lowest BCUT2D eigenvalue weighted by Crippen LogP contribution is -2.65. The Morgan fingerprint density at radius 2 is 1.83 bits per heavy atom. The number of carbonyl (C=O) groups is 2. The number of piperazine rings is 1. The zero-order chi connectivity index (χ0) is 21.5. The van der Waals surface area contributed by atoms with E-state index in [0.29, 0.717) is 43.4 Å². The lowest BCUT2D eigenvalue weighted by Gasteiger charge is -2.44. The third-order valence-corrected chi connectivity index (χ3v) is 5.60. The van der Waals surface area contributed by atoms with Gasteiger partial charge in [0.15, 0.2) is 11.6 Å². The van der Waals surface area contributed by atoms with Crippen LogP contribution in [-0.2, 0) is 9.59 Å². The van der Waals surface area contributed by atoms with Crippen LogP contribution in [0.5, 0.6) is 5.75 Å². The van der Waals surface area contributed by atoms with Crippen LogP contribution < -0.4 is 14.5 Å². The molecule has 8 heteroatoms. The lowest BCUT2D eigenvalue weighted by molar-refractivity contribution is -0.156. The monoisotopic (exact) mass is 412 g/mol. The molecule has 4 rings (SSSR count). The minimum Gasteiger partial charge on any atom is -0.464 e. The summed E-state index contributed by atoms with van der Waals surface area (Å²) in [6, 6.07) is 9.84. The van der Waals surface area contributed by atoms with Crippen molar-refractivity contribution in [3.63, 3.8) is 0 Å². The van der Waals surface area contributed by atoms with E-state index in [0.717, 1.165) is 0 Å².